The summed E-state index contributed by atoms with van der Waals surface area (Å²) in [4.78, 5) is 0. The molecule has 0 unspecified atom stereocenters. The van der Waals surface area contributed by atoms with Gasteiger partial charge in [0.1, 0.15) is 17.3 Å². The molecule has 2 aromatic rings. The van der Waals surface area contributed by atoms with Crippen LogP contribution in [0, 0.1) is 5.82 Å². The summed E-state index contributed by atoms with van der Waals surface area (Å²) in [6, 6.07) is 3.54. The Bertz CT molecular complexity index is 532. The third kappa shape index (κ3) is 1.44. The number of nitrogens with two attached hydrogens (primary N) is 1. The SMILES string of the molecule is Cn1nc(-c2c(F)ccc(O)c2O)cc1N. The maximum absolute atomic E-state index is 13.5. The highest BCUT2D eigenvalue weighted by Crippen LogP contribution is 2.37. The highest BCUT2D eigenvalue weighted by Gasteiger charge is 2.17. The zero-order valence-electron chi connectivity index (χ0n) is 8.48. The van der Waals surface area contributed by atoms with Gasteiger partial charge in [0.15, 0.2) is 11.5 Å². The van der Waals surface area contributed by atoms with E-state index in [1.54, 1.807) is 7.05 Å². The quantitative estimate of drug-likeness (QED) is 0.634. The molecule has 4 N–H and O–H groups in total. The highest BCUT2D eigenvalue weighted by molar-refractivity contribution is 5.72. The fraction of sp³-hybridized carbons (Fsp3) is 0.100. The first-order valence-electron chi connectivity index (χ1n) is 4.51. The molecule has 0 atom stereocenters. The van der Waals surface area contributed by atoms with E-state index in [1.807, 2.05) is 0 Å². The van der Waals surface area contributed by atoms with Crippen LogP contribution in [0.2, 0.25) is 0 Å². The van der Waals surface area contributed by atoms with E-state index in [9.17, 15) is 14.6 Å². The normalized spacial score (nSPS) is 10.6. The van der Waals surface area contributed by atoms with E-state index in [0.29, 0.717) is 5.82 Å². The topological polar surface area (TPSA) is 84.3 Å². The minimum Gasteiger partial charge on any atom is -0.504 e. The summed E-state index contributed by atoms with van der Waals surface area (Å²) in [5.74, 6) is -1.29. The van der Waals surface area contributed by atoms with Crippen molar-refractivity contribution in [2.45, 2.75) is 0 Å². The van der Waals surface area contributed by atoms with E-state index < -0.39 is 17.3 Å². The Balaban J connectivity index is 2.68. The Kier molecular flexibility index (Phi) is 2.19. The summed E-state index contributed by atoms with van der Waals surface area (Å²) in [5.41, 5.74) is 5.56. The van der Waals surface area contributed by atoms with E-state index in [-0.39, 0.29) is 11.3 Å². The van der Waals surface area contributed by atoms with Crippen LogP contribution >= 0.6 is 0 Å². The average molecular weight is 223 g/mol. The molecule has 1 aromatic carbocycles. The monoisotopic (exact) mass is 223 g/mol. The molecule has 0 bridgehead atoms. The van der Waals surface area contributed by atoms with Gasteiger partial charge in [-0.2, -0.15) is 5.10 Å². The number of aromatic hydroxyl groups is 2. The number of hydrogen-bond acceptors (Lipinski definition) is 4. The van der Waals surface area contributed by atoms with Crippen LogP contribution in [-0.2, 0) is 7.05 Å². The van der Waals surface area contributed by atoms with Crippen molar-refractivity contribution in [1.29, 1.82) is 0 Å². The molecule has 0 fully saturated rings. The van der Waals surface area contributed by atoms with Crippen LogP contribution in [0.25, 0.3) is 11.3 Å². The number of nitrogen functional groups attached to an aromatic ring is 1. The van der Waals surface area contributed by atoms with Crippen molar-refractivity contribution in [3.8, 4) is 22.8 Å². The Hall–Kier alpha value is -2.24. The van der Waals surface area contributed by atoms with Gasteiger partial charge in [0, 0.05) is 13.1 Å². The van der Waals surface area contributed by atoms with Crippen molar-refractivity contribution in [2.75, 3.05) is 5.73 Å². The van der Waals surface area contributed by atoms with Crippen molar-refractivity contribution >= 4 is 5.82 Å². The Morgan fingerprint density at radius 3 is 2.62 bits per heavy atom. The lowest BCUT2D eigenvalue weighted by Crippen LogP contribution is -1.96. The smallest absolute Gasteiger partial charge is 0.170 e. The van der Waals surface area contributed by atoms with Gasteiger partial charge >= 0.3 is 0 Å². The van der Waals surface area contributed by atoms with Crippen LogP contribution in [0.5, 0.6) is 11.5 Å². The molecule has 0 aliphatic heterocycles. The summed E-state index contributed by atoms with van der Waals surface area (Å²) in [7, 11) is 1.59. The zero-order chi connectivity index (χ0) is 11.9. The van der Waals surface area contributed by atoms with Gasteiger partial charge < -0.3 is 15.9 Å². The molecule has 1 heterocycles. The van der Waals surface area contributed by atoms with Gasteiger partial charge in [0.2, 0.25) is 0 Å². The van der Waals surface area contributed by atoms with Gasteiger partial charge in [0.25, 0.3) is 0 Å². The summed E-state index contributed by atoms with van der Waals surface area (Å²) >= 11 is 0. The molecule has 84 valence electrons. The van der Waals surface area contributed by atoms with E-state index >= 15 is 0 Å². The number of aryl methyl sites for hydroxylation is 1. The lowest BCUT2D eigenvalue weighted by Gasteiger charge is -2.04. The first-order chi connectivity index (χ1) is 7.50. The van der Waals surface area contributed by atoms with Crippen molar-refractivity contribution in [3.63, 3.8) is 0 Å². The van der Waals surface area contributed by atoms with Crippen LogP contribution in [0.4, 0.5) is 10.2 Å². The van der Waals surface area contributed by atoms with Crippen molar-refractivity contribution in [1.82, 2.24) is 9.78 Å². The molecule has 0 amide bonds. The molecule has 6 heteroatoms. The van der Waals surface area contributed by atoms with Crippen LogP contribution < -0.4 is 5.73 Å². The van der Waals surface area contributed by atoms with Gasteiger partial charge in [0.05, 0.1) is 5.56 Å². The summed E-state index contributed by atoms with van der Waals surface area (Å²) in [6.45, 7) is 0. The van der Waals surface area contributed by atoms with Gasteiger partial charge in [-0.25, -0.2) is 4.39 Å². The van der Waals surface area contributed by atoms with Crippen molar-refractivity contribution in [2.24, 2.45) is 7.05 Å². The number of phenols is 2. The third-order valence-electron chi connectivity index (χ3n) is 2.28. The summed E-state index contributed by atoms with van der Waals surface area (Å²) in [6.07, 6.45) is 0. The van der Waals surface area contributed by atoms with Gasteiger partial charge in [-0.15, -0.1) is 0 Å². The Morgan fingerprint density at radius 1 is 1.38 bits per heavy atom. The second kappa shape index (κ2) is 3.41. The number of hydrogen-bond donors (Lipinski definition) is 3. The maximum Gasteiger partial charge on any atom is 0.170 e. The first-order valence-corrected chi connectivity index (χ1v) is 4.51. The molecule has 2 rings (SSSR count). The molecule has 0 radical (unpaired) electrons. The number of anilines is 1. The van der Waals surface area contributed by atoms with E-state index in [2.05, 4.69) is 5.10 Å². The highest BCUT2D eigenvalue weighted by atomic mass is 19.1. The molecule has 0 saturated heterocycles. The largest absolute Gasteiger partial charge is 0.504 e. The van der Waals surface area contributed by atoms with Crippen LogP contribution in [-0.4, -0.2) is 20.0 Å². The number of aromatic nitrogens is 2. The number of rotatable bonds is 1. The molecule has 16 heavy (non-hydrogen) atoms. The lowest BCUT2D eigenvalue weighted by molar-refractivity contribution is 0.401. The predicted octanol–water partition coefficient (Wildman–Crippen LogP) is 1.22. The molecular formula is C10H10FN3O2. The zero-order valence-corrected chi connectivity index (χ0v) is 8.48. The minimum absolute atomic E-state index is 0.160. The predicted molar refractivity (Wildman–Crippen MR) is 56.3 cm³/mol. The molecule has 1 aromatic heterocycles. The number of halogens is 1. The number of phenolic OH excluding ortho intramolecular Hbond substituents is 2. The van der Waals surface area contributed by atoms with Crippen LogP contribution in [0.3, 0.4) is 0 Å². The Labute approximate surface area is 90.6 Å². The minimum atomic E-state index is -0.673. The molecule has 0 aliphatic carbocycles. The second-order valence-corrected chi connectivity index (χ2v) is 3.37. The van der Waals surface area contributed by atoms with E-state index in [0.717, 1.165) is 12.1 Å². The molecule has 5 nitrogen and oxygen atoms in total. The van der Waals surface area contributed by atoms with Crippen molar-refractivity contribution < 1.29 is 14.6 Å². The third-order valence-corrected chi connectivity index (χ3v) is 2.28. The fourth-order valence-corrected chi connectivity index (χ4v) is 1.40. The van der Waals surface area contributed by atoms with Crippen LogP contribution in [0.15, 0.2) is 18.2 Å². The molecule has 0 saturated carbocycles. The molecule has 0 aliphatic rings. The first kappa shape index (κ1) is 10.3. The van der Waals surface area contributed by atoms with Crippen molar-refractivity contribution in [3.05, 3.63) is 24.0 Å². The Morgan fingerprint density at radius 2 is 2.06 bits per heavy atom. The molecular weight excluding hydrogens is 213 g/mol. The summed E-state index contributed by atoms with van der Waals surface area (Å²) in [5, 5.41) is 22.8. The van der Waals surface area contributed by atoms with E-state index in [1.165, 1.54) is 10.7 Å². The van der Waals surface area contributed by atoms with Gasteiger partial charge in [-0.05, 0) is 12.1 Å². The summed E-state index contributed by atoms with van der Waals surface area (Å²) < 4.78 is 14.8. The maximum atomic E-state index is 13.5. The lowest BCUT2D eigenvalue weighted by atomic mass is 10.1. The second-order valence-electron chi connectivity index (χ2n) is 3.37. The van der Waals surface area contributed by atoms with Gasteiger partial charge in [-0.3, -0.25) is 4.68 Å². The van der Waals surface area contributed by atoms with Crippen LogP contribution in [0.1, 0.15) is 0 Å². The standard InChI is InChI=1S/C10H10FN3O2/c1-14-8(12)4-6(13-14)9-5(11)2-3-7(15)10(9)16/h2-4,15-16H,12H2,1H3. The average Bonchev–Trinajstić information content (AvgIpc) is 2.54. The number of nitrogens with zero attached hydrogens (tertiary/aromatic N) is 2. The fourth-order valence-electron chi connectivity index (χ4n) is 1.40. The van der Waals surface area contributed by atoms with E-state index in [4.69, 9.17) is 5.73 Å². The number of benzene rings is 1. The molecule has 0 spiro atoms. The van der Waals surface area contributed by atoms with Gasteiger partial charge in [-0.1, -0.05) is 0 Å².